The van der Waals surface area contributed by atoms with Crippen molar-refractivity contribution < 1.29 is 14.7 Å². The van der Waals surface area contributed by atoms with E-state index in [-0.39, 0.29) is 24.0 Å². The van der Waals surface area contributed by atoms with Crippen molar-refractivity contribution in [1.82, 2.24) is 10.6 Å². The van der Waals surface area contributed by atoms with Crippen LogP contribution in [-0.2, 0) is 11.2 Å². The SMILES string of the molecule is O=C(NC1CCC(C(=O)O)CC1)NC1CCc2ccccc21. The van der Waals surface area contributed by atoms with Crippen LogP contribution in [0.2, 0.25) is 0 Å². The summed E-state index contributed by atoms with van der Waals surface area (Å²) in [5.74, 6) is -0.965. The third-order valence-electron chi connectivity index (χ3n) is 4.85. The number of amides is 2. The molecule has 0 saturated heterocycles. The van der Waals surface area contributed by atoms with Gasteiger partial charge in [0.25, 0.3) is 0 Å². The third kappa shape index (κ3) is 3.24. The van der Waals surface area contributed by atoms with Gasteiger partial charge in [0.1, 0.15) is 0 Å². The largest absolute Gasteiger partial charge is 0.481 e. The van der Waals surface area contributed by atoms with Gasteiger partial charge in [-0.05, 0) is 49.7 Å². The van der Waals surface area contributed by atoms with Crippen molar-refractivity contribution in [2.75, 3.05) is 0 Å². The summed E-state index contributed by atoms with van der Waals surface area (Å²) in [5, 5.41) is 15.0. The normalized spacial score (nSPS) is 27.0. The number of rotatable bonds is 3. The molecule has 3 N–H and O–H groups in total. The molecule has 1 saturated carbocycles. The molecular weight excluding hydrogens is 280 g/mol. The average molecular weight is 302 g/mol. The molecule has 1 fully saturated rings. The Balaban J connectivity index is 1.49. The van der Waals surface area contributed by atoms with Crippen molar-refractivity contribution in [3.05, 3.63) is 35.4 Å². The molecule has 0 aliphatic heterocycles. The van der Waals surface area contributed by atoms with Crippen molar-refractivity contribution in [2.24, 2.45) is 5.92 Å². The van der Waals surface area contributed by atoms with E-state index in [4.69, 9.17) is 5.11 Å². The number of urea groups is 1. The highest BCUT2D eigenvalue weighted by atomic mass is 16.4. The van der Waals surface area contributed by atoms with E-state index in [1.165, 1.54) is 11.1 Å². The van der Waals surface area contributed by atoms with E-state index in [9.17, 15) is 9.59 Å². The van der Waals surface area contributed by atoms with Crippen LogP contribution in [-0.4, -0.2) is 23.1 Å². The average Bonchev–Trinajstić information content (AvgIpc) is 2.91. The summed E-state index contributed by atoms with van der Waals surface area (Å²) in [4.78, 5) is 23.1. The lowest BCUT2D eigenvalue weighted by Gasteiger charge is -2.27. The topological polar surface area (TPSA) is 78.4 Å². The quantitative estimate of drug-likeness (QED) is 0.803. The standard InChI is InChI=1S/C17H22N2O3/c20-16(21)12-5-8-13(9-6-12)18-17(22)19-15-10-7-11-3-1-2-4-14(11)15/h1-4,12-13,15H,5-10H2,(H,20,21)(H2,18,19,22). The number of carbonyl (C=O) groups excluding carboxylic acids is 1. The smallest absolute Gasteiger partial charge is 0.315 e. The minimum atomic E-state index is -0.717. The Hall–Kier alpha value is -2.04. The summed E-state index contributed by atoms with van der Waals surface area (Å²) in [6.07, 6.45) is 4.72. The number of carbonyl (C=O) groups is 2. The van der Waals surface area contributed by atoms with Crippen LogP contribution in [0.3, 0.4) is 0 Å². The summed E-state index contributed by atoms with van der Waals surface area (Å²) < 4.78 is 0. The summed E-state index contributed by atoms with van der Waals surface area (Å²) in [5.41, 5.74) is 2.53. The minimum absolute atomic E-state index is 0.0894. The Kier molecular flexibility index (Phi) is 4.32. The zero-order valence-corrected chi connectivity index (χ0v) is 12.5. The van der Waals surface area contributed by atoms with Gasteiger partial charge in [0.15, 0.2) is 0 Å². The van der Waals surface area contributed by atoms with E-state index in [2.05, 4.69) is 22.8 Å². The Bertz CT molecular complexity index is 565. The van der Waals surface area contributed by atoms with Crippen LogP contribution < -0.4 is 10.6 Å². The van der Waals surface area contributed by atoms with Gasteiger partial charge in [0, 0.05) is 6.04 Å². The molecule has 5 heteroatoms. The lowest BCUT2D eigenvalue weighted by Crippen LogP contribution is -2.45. The molecule has 118 valence electrons. The van der Waals surface area contributed by atoms with Crippen LogP contribution in [0.4, 0.5) is 4.79 Å². The maximum atomic E-state index is 12.2. The van der Waals surface area contributed by atoms with Crippen LogP contribution in [0.1, 0.15) is 49.3 Å². The number of aliphatic carboxylic acids is 1. The molecule has 2 aliphatic rings. The van der Waals surface area contributed by atoms with Crippen molar-refractivity contribution in [3.8, 4) is 0 Å². The highest BCUT2D eigenvalue weighted by Gasteiger charge is 2.28. The summed E-state index contributed by atoms with van der Waals surface area (Å²) in [7, 11) is 0. The fourth-order valence-electron chi connectivity index (χ4n) is 3.58. The van der Waals surface area contributed by atoms with Crippen LogP contribution in [0.25, 0.3) is 0 Å². The monoisotopic (exact) mass is 302 g/mol. The molecule has 0 radical (unpaired) electrons. The molecule has 1 aromatic carbocycles. The molecule has 0 bridgehead atoms. The molecule has 2 amide bonds. The van der Waals surface area contributed by atoms with Gasteiger partial charge in [0.05, 0.1) is 12.0 Å². The van der Waals surface area contributed by atoms with E-state index in [1.54, 1.807) is 0 Å². The van der Waals surface area contributed by atoms with Gasteiger partial charge in [-0.25, -0.2) is 4.79 Å². The lowest BCUT2D eigenvalue weighted by molar-refractivity contribution is -0.142. The summed E-state index contributed by atoms with van der Waals surface area (Å²) >= 11 is 0. The van der Waals surface area contributed by atoms with Crippen molar-refractivity contribution >= 4 is 12.0 Å². The van der Waals surface area contributed by atoms with E-state index >= 15 is 0 Å². The second-order valence-corrected chi connectivity index (χ2v) is 6.29. The van der Waals surface area contributed by atoms with Crippen LogP contribution >= 0.6 is 0 Å². The number of aryl methyl sites for hydroxylation is 1. The van der Waals surface area contributed by atoms with Gasteiger partial charge >= 0.3 is 12.0 Å². The Morgan fingerprint density at radius 3 is 2.45 bits per heavy atom. The minimum Gasteiger partial charge on any atom is -0.481 e. The van der Waals surface area contributed by atoms with Crippen LogP contribution in [0, 0.1) is 5.92 Å². The highest BCUT2D eigenvalue weighted by molar-refractivity contribution is 5.75. The van der Waals surface area contributed by atoms with Crippen molar-refractivity contribution in [2.45, 2.75) is 50.6 Å². The lowest BCUT2D eigenvalue weighted by atomic mass is 9.86. The Morgan fingerprint density at radius 2 is 1.73 bits per heavy atom. The Labute approximate surface area is 130 Å². The fraction of sp³-hybridized carbons (Fsp3) is 0.529. The molecule has 2 aliphatic carbocycles. The first-order valence-corrected chi connectivity index (χ1v) is 8.01. The zero-order valence-electron chi connectivity index (χ0n) is 12.5. The predicted octanol–water partition coefficient (Wildman–Crippen LogP) is 2.62. The number of carboxylic acids is 1. The summed E-state index contributed by atoms with van der Waals surface area (Å²) in [6.45, 7) is 0. The molecule has 1 atom stereocenters. The van der Waals surface area contributed by atoms with Gasteiger partial charge in [-0.15, -0.1) is 0 Å². The molecular formula is C17H22N2O3. The highest BCUT2D eigenvalue weighted by Crippen LogP contribution is 2.30. The molecule has 1 aromatic rings. The molecule has 1 unspecified atom stereocenters. The van der Waals surface area contributed by atoms with Crippen LogP contribution in [0.5, 0.6) is 0 Å². The van der Waals surface area contributed by atoms with Gasteiger partial charge in [-0.2, -0.15) is 0 Å². The third-order valence-corrected chi connectivity index (χ3v) is 4.85. The van der Waals surface area contributed by atoms with Gasteiger partial charge < -0.3 is 15.7 Å². The van der Waals surface area contributed by atoms with E-state index in [1.807, 2.05) is 12.1 Å². The summed E-state index contributed by atoms with van der Waals surface area (Å²) in [6, 6.07) is 8.26. The van der Waals surface area contributed by atoms with E-state index in [0.29, 0.717) is 12.8 Å². The maximum Gasteiger partial charge on any atom is 0.315 e. The Morgan fingerprint density at radius 1 is 1.00 bits per heavy atom. The predicted molar refractivity (Wildman–Crippen MR) is 82.6 cm³/mol. The van der Waals surface area contributed by atoms with E-state index in [0.717, 1.165) is 25.7 Å². The molecule has 0 spiro atoms. The number of nitrogens with one attached hydrogen (secondary N) is 2. The molecule has 22 heavy (non-hydrogen) atoms. The molecule has 3 rings (SSSR count). The molecule has 0 aromatic heterocycles. The first-order chi connectivity index (χ1) is 10.6. The molecule has 0 heterocycles. The first-order valence-electron chi connectivity index (χ1n) is 8.01. The first kappa shape index (κ1) is 14.9. The van der Waals surface area contributed by atoms with Crippen LogP contribution in [0.15, 0.2) is 24.3 Å². The molecule has 5 nitrogen and oxygen atoms in total. The van der Waals surface area contributed by atoms with Gasteiger partial charge in [-0.1, -0.05) is 24.3 Å². The zero-order chi connectivity index (χ0) is 15.5. The number of hydrogen-bond donors (Lipinski definition) is 3. The second-order valence-electron chi connectivity index (χ2n) is 6.29. The number of carboxylic acid groups (broad SMARTS) is 1. The van der Waals surface area contributed by atoms with Gasteiger partial charge in [0.2, 0.25) is 0 Å². The fourth-order valence-corrected chi connectivity index (χ4v) is 3.58. The number of hydrogen-bond acceptors (Lipinski definition) is 2. The maximum absolute atomic E-state index is 12.2. The number of benzene rings is 1. The van der Waals surface area contributed by atoms with E-state index < -0.39 is 5.97 Å². The van der Waals surface area contributed by atoms with Crippen molar-refractivity contribution in [3.63, 3.8) is 0 Å². The number of fused-ring (bicyclic) bond motifs is 1. The second kappa shape index (κ2) is 6.38. The van der Waals surface area contributed by atoms with Gasteiger partial charge in [-0.3, -0.25) is 4.79 Å². The van der Waals surface area contributed by atoms with Crippen molar-refractivity contribution in [1.29, 1.82) is 0 Å².